The minimum absolute atomic E-state index is 0.132. The zero-order valence-corrected chi connectivity index (χ0v) is 19.9. The van der Waals surface area contributed by atoms with Crippen molar-refractivity contribution in [2.45, 2.75) is 48.8 Å². The number of carbonyl (C=O) groups is 2. The second-order valence-electron chi connectivity index (χ2n) is 8.25. The first-order chi connectivity index (χ1) is 16.1. The molecule has 1 aliphatic carbocycles. The third-order valence-corrected chi connectivity index (χ3v) is 7.13. The minimum atomic E-state index is -0.232. The SMILES string of the molecule is O=C(Nc1ccccc1C(=O)NC1CCCCC1)c1ccc(CSc2ccc(Cl)cc2)cc1. The maximum atomic E-state index is 12.8. The van der Waals surface area contributed by atoms with E-state index in [0.717, 1.165) is 46.9 Å². The highest BCUT2D eigenvalue weighted by molar-refractivity contribution is 7.98. The van der Waals surface area contributed by atoms with Crippen LogP contribution in [0.5, 0.6) is 0 Å². The van der Waals surface area contributed by atoms with Crippen LogP contribution in [0.4, 0.5) is 5.69 Å². The number of hydrogen-bond acceptors (Lipinski definition) is 3. The lowest BCUT2D eigenvalue weighted by Gasteiger charge is -2.23. The zero-order valence-electron chi connectivity index (χ0n) is 18.4. The van der Waals surface area contributed by atoms with E-state index in [1.54, 1.807) is 23.9 Å². The quantitative estimate of drug-likeness (QED) is 0.361. The molecular formula is C27H27ClN2O2S. The third-order valence-electron chi connectivity index (χ3n) is 5.80. The summed E-state index contributed by atoms with van der Waals surface area (Å²) in [5, 5.41) is 6.76. The Labute approximate surface area is 204 Å². The summed E-state index contributed by atoms with van der Waals surface area (Å²) in [5.41, 5.74) is 2.70. The largest absolute Gasteiger partial charge is 0.349 e. The van der Waals surface area contributed by atoms with Crippen LogP contribution in [0.3, 0.4) is 0 Å². The van der Waals surface area contributed by atoms with Gasteiger partial charge in [0.1, 0.15) is 0 Å². The molecule has 1 aliphatic rings. The molecule has 0 aromatic heterocycles. The second-order valence-corrected chi connectivity index (χ2v) is 9.73. The average molecular weight is 479 g/mol. The van der Waals surface area contributed by atoms with Gasteiger partial charge in [-0.05, 0) is 66.9 Å². The molecule has 4 rings (SSSR count). The lowest BCUT2D eigenvalue weighted by molar-refractivity contribution is 0.0928. The first-order valence-corrected chi connectivity index (χ1v) is 12.6. The molecule has 0 bridgehead atoms. The Balaban J connectivity index is 1.37. The Morgan fingerprint density at radius 3 is 2.27 bits per heavy atom. The van der Waals surface area contributed by atoms with Gasteiger partial charge in [0.25, 0.3) is 11.8 Å². The van der Waals surface area contributed by atoms with Gasteiger partial charge in [-0.2, -0.15) is 0 Å². The lowest BCUT2D eigenvalue weighted by Crippen LogP contribution is -2.36. The second kappa shape index (κ2) is 11.4. The van der Waals surface area contributed by atoms with E-state index in [-0.39, 0.29) is 17.9 Å². The maximum absolute atomic E-state index is 12.8. The lowest BCUT2D eigenvalue weighted by atomic mass is 9.95. The summed E-state index contributed by atoms with van der Waals surface area (Å²) < 4.78 is 0. The fourth-order valence-electron chi connectivity index (χ4n) is 3.94. The van der Waals surface area contributed by atoms with Crippen LogP contribution >= 0.6 is 23.4 Å². The van der Waals surface area contributed by atoms with Gasteiger partial charge in [-0.15, -0.1) is 11.8 Å². The van der Waals surface area contributed by atoms with Crippen LogP contribution in [0.15, 0.2) is 77.7 Å². The molecule has 0 atom stereocenters. The van der Waals surface area contributed by atoms with Crippen molar-refractivity contribution < 1.29 is 9.59 Å². The molecule has 0 aliphatic heterocycles. The van der Waals surface area contributed by atoms with Gasteiger partial charge in [0.15, 0.2) is 0 Å². The van der Waals surface area contributed by atoms with E-state index in [9.17, 15) is 9.59 Å². The standard InChI is InChI=1S/C27H27ClN2O2S/c28-21-14-16-23(17-15-21)33-18-19-10-12-20(13-11-19)26(31)30-25-9-5-4-8-24(25)27(32)29-22-6-2-1-3-7-22/h4-5,8-17,22H,1-3,6-7,18H2,(H,29,32)(H,30,31). The van der Waals surface area contributed by atoms with Gasteiger partial charge in [0.05, 0.1) is 11.3 Å². The molecule has 1 fully saturated rings. The average Bonchev–Trinajstić information content (AvgIpc) is 2.85. The number of rotatable bonds is 7. The van der Waals surface area contributed by atoms with Crippen molar-refractivity contribution in [3.63, 3.8) is 0 Å². The summed E-state index contributed by atoms with van der Waals surface area (Å²) in [6, 6.07) is 22.7. The Hall–Kier alpha value is -2.76. The van der Waals surface area contributed by atoms with E-state index in [0.29, 0.717) is 16.8 Å². The van der Waals surface area contributed by atoms with E-state index < -0.39 is 0 Å². The molecule has 0 unspecified atom stereocenters. The van der Waals surface area contributed by atoms with Crippen molar-refractivity contribution in [2.75, 3.05) is 5.32 Å². The van der Waals surface area contributed by atoms with Crippen LogP contribution in [-0.2, 0) is 5.75 Å². The Morgan fingerprint density at radius 1 is 0.848 bits per heavy atom. The predicted octanol–water partition coefficient (Wildman–Crippen LogP) is 6.95. The normalized spacial score (nSPS) is 14.0. The summed E-state index contributed by atoms with van der Waals surface area (Å²) in [4.78, 5) is 26.8. The van der Waals surface area contributed by atoms with Crippen LogP contribution in [-0.4, -0.2) is 17.9 Å². The smallest absolute Gasteiger partial charge is 0.255 e. The van der Waals surface area contributed by atoms with Crippen molar-refractivity contribution >= 4 is 40.9 Å². The van der Waals surface area contributed by atoms with Gasteiger partial charge in [-0.25, -0.2) is 0 Å². The number of hydrogen-bond donors (Lipinski definition) is 2. The topological polar surface area (TPSA) is 58.2 Å². The van der Waals surface area contributed by atoms with Crippen molar-refractivity contribution in [1.29, 1.82) is 0 Å². The van der Waals surface area contributed by atoms with E-state index in [1.807, 2.05) is 60.7 Å². The Kier molecular flexibility index (Phi) is 8.08. The molecule has 0 heterocycles. The molecule has 0 radical (unpaired) electrons. The van der Waals surface area contributed by atoms with E-state index in [1.165, 1.54) is 6.42 Å². The summed E-state index contributed by atoms with van der Waals surface area (Å²) >= 11 is 7.65. The number of halogens is 1. The number of nitrogens with one attached hydrogen (secondary N) is 2. The predicted molar refractivity (Wildman–Crippen MR) is 136 cm³/mol. The van der Waals surface area contributed by atoms with Gasteiger partial charge < -0.3 is 10.6 Å². The molecule has 4 nitrogen and oxygen atoms in total. The molecule has 3 aromatic rings. The first-order valence-electron chi connectivity index (χ1n) is 11.3. The van der Waals surface area contributed by atoms with E-state index >= 15 is 0 Å². The number of para-hydroxylation sites is 1. The monoisotopic (exact) mass is 478 g/mol. The highest BCUT2D eigenvalue weighted by atomic mass is 35.5. The minimum Gasteiger partial charge on any atom is -0.349 e. The number of anilines is 1. The number of benzene rings is 3. The third kappa shape index (κ3) is 6.62. The molecule has 2 amide bonds. The number of carbonyl (C=O) groups excluding carboxylic acids is 2. The molecule has 33 heavy (non-hydrogen) atoms. The van der Waals surface area contributed by atoms with Crippen molar-refractivity contribution in [3.05, 3.63) is 94.5 Å². The number of thioether (sulfide) groups is 1. The highest BCUT2D eigenvalue weighted by Crippen LogP contribution is 2.25. The molecule has 2 N–H and O–H groups in total. The van der Waals surface area contributed by atoms with Crippen molar-refractivity contribution in [1.82, 2.24) is 5.32 Å². The van der Waals surface area contributed by atoms with Crippen molar-refractivity contribution in [2.24, 2.45) is 0 Å². The van der Waals surface area contributed by atoms with Crippen molar-refractivity contribution in [3.8, 4) is 0 Å². The Bertz CT molecular complexity index is 1090. The van der Waals surface area contributed by atoms with Gasteiger partial charge >= 0.3 is 0 Å². The van der Waals surface area contributed by atoms with Gasteiger partial charge in [-0.1, -0.05) is 55.1 Å². The van der Waals surface area contributed by atoms with Crippen LogP contribution in [0, 0.1) is 0 Å². The molecule has 0 spiro atoms. The molecule has 0 saturated heterocycles. The summed E-state index contributed by atoms with van der Waals surface area (Å²) in [5.74, 6) is 0.436. The fourth-order valence-corrected chi connectivity index (χ4v) is 4.92. The van der Waals surface area contributed by atoms with E-state index in [4.69, 9.17) is 11.6 Å². The van der Waals surface area contributed by atoms with Crippen LogP contribution < -0.4 is 10.6 Å². The van der Waals surface area contributed by atoms with Crippen LogP contribution in [0.2, 0.25) is 5.02 Å². The number of amides is 2. The Morgan fingerprint density at radius 2 is 1.55 bits per heavy atom. The molecular weight excluding hydrogens is 452 g/mol. The highest BCUT2D eigenvalue weighted by Gasteiger charge is 2.19. The zero-order chi connectivity index (χ0) is 23.0. The molecule has 6 heteroatoms. The summed E-state index contributed by atoms with van der Waals surface area (Å²) in [6.07, 6.45) is 5.57. The molecule has 1 saturated carbocycles. The van der Waals surface area contributed by atoms with Gasteiger partial charge in [0.2, 0.25) is 0 Å². The maximum Gasteiger partial charge on any atom is 0.255 e. The fraction of sp³-hybridized carbons (Fsp3) is 0.259. The van der Waals surface area contributed by atoms with Crippen LogP contribution in [0.1, 0.15) is 58.4 Å². The summed E-state index contributed by atoms with van der Waals surface area (Å²) in [7, 11) is 0. The summed E-state index contributed by atoms with van der Waals surface area (Å²) in [6.45, 7) is 0. The van der Waals surface area contributed by atoms with Gasteiger partial charge in [0, 0.05) is 27.3 Å². The first kappa shape index (κ1) is 23.4. The van der Waals surface area contributed by atoms with Gasteiger partial charge in [-0.3, -0.25) is 9.59 Å². The molecule has 3 aromatic carbocycles. The molecule has 170 valence electrons. The van der Waals surface area contributed by atoms with E-state index in [2.05, 4.69) is 10.6 Å². The van der Waals surface area contributed by atoms with Crippen LogP contribution in [0.25, 0.3) is 0 Å².